The van der Waals surface area contributed by atoms with Gasteiger partial charge in [-0.25, -0.2) is 0 Å². The number of aromatic hydroxyl groups is 1. The van der Waals surface area contributed by atoms with E-state index in [0.717, 1.165) is 0 Å². The van der Waals surface area contributed by atoms with Crippen LogP contribution in [-0.2, 0) is 0 Å². The van der Waals surface area contributed by atoms with E-state index in [9.17, 15) is 24.8 Å². The van der Waals surface area contributed by atoms with Gasteiger partial charge in [-0.3, -0.25) is 19.7 Å². The zero-order valence-electron chi connectivity index (χ0n) is 14.2. The van der Waals surface area contributed by atoms with Crippen molar-refractivity contribution in [3.05, 3.63) is 67.3 Å². The third-order valence-corrected chi connectivity index (χ3v) is 5.32. The summed E-state index contributed by atoms with van der Waals surface area (Å²) in [5.41, 5.74) is 0.378. The summed E-state index contributed by atoms with van der Waals surface area (Å²) < 4.78 is 0.635. The van der Waals surface area contributed by atoms with Crippen LogP contribution in [0.3, 0.4) is 0 Å². The average molecular weight is 481 g/mol. The first-order valence-corrected chi connectivity index (χ1v) is 9.27. The van der Waals surface area contributed by atoms with Gasteiger partial charge in [0, 0.05) is 41.9 Å². The number of hydrogen-bond acceptors (Lipinski definition) is 5. The fourth-order valence-electron chi connectivity index (χ4n) is 2.90. The number of piperazine rings is 1. The summed E-state index contributed by atoms with van der Waals surface area (Å²) in [6, 6.07) is 10.5. The molecule has 1 aliphatic heterocycles. The number of rotatable bonds is 3. The first-order valence-electron chi connectivity index (χ1n) is 8.19. The second-order valence-electron chi connectivity index (χ2n) is 6.02. The van der Waals surface area contributed by atoms with Gasteiger partial charge < -0.3 is 14.9 Å². The van der Waals surface area contributed by atoms with E-state index >= 15 is 0 Å². The van der Waals surface area contributed by atoms with Crippen LogP contribution < -0.4 is 0 Å². The van der Waals surface area contributed by atoms with Crippen LogP contribution in [0.5, 0.6) is 5.75 Å². The molecule has 0 saturated carbocycles. The zero-order chi connectivity index (χ0) is 19.6. The summed E-state index contributed by atoms with van der Waals surface area (Å²) >= 11 is 1.98. The molecule has 2 aromatic rings. The van der Waals surface area contributed by atoms with Gasteiger partial charge in [0.15, 0.2) is 0 Å². The number of benzene rings is 2. The maximum absolute atomic E-state index is 12.8. The molecule has 0 radical (unpaired) electrons. The first-order chi connectivity index (χ1) is 12.9. The van der Waals surface area contributed by atoms with E-state index in [2.05, 4.69) is 0 Å². The van der Waals surface area contributed by atoms with Crippen LogP contribution in [-0.4, -0.2) is 57.8 Å². The van der Waals surface area contributed by atoms with Crippen LogP contribution in [0, 0.1) is 13.7 Å². The molecule has 0 unspecified atom stereocenters. The number of nitro benzene ring substituents is 1. The van der Waals surface area contributed by atoms with Crippen molar-refractivity contribution < 1.29 is 19.6 Å². The van der Waals surface area contributed by atoms with Crippen molar-refractivity contribution in [1.82, 2.24) is 9.80 Å². The minimum Gasteiger partial charge on any atom is -0.507 e. The Bertz CT molecular complexity index is 910. The summed E-state index contributed by atoms with van der Waals surface area (Å²) in [6.45, 7) is 1.28. The van der Waals surface area contributed by atoms with E-state index < -0.39 is 4.92 Å². The number of carbonyl (C=O) groups excluding carboxylic acids is 2. The number of nitrogens with zero attached hydrogens (tertiary/aromatic N) is 3. The number of hydrogen-bond donors (Lipinski definition) is 1. The summed E-state index contributed by atoms with van der Waals surface area (Å²) in [4.78, 5) is 38.9. The van der Waals surface area contributed by atoms with E-state index in [1.54, 1.807) is 34.1 Å². The molecule has 0 spiro atoms. The normalized spacial score (nSPS) is 14.1. The highest BCUT2D eigenvalue weighted by Gasteiger charge is 2.28. The fourth-order valence-corrected chi connectivity index (χ4v) is 3.46. The van der Waals surface area contributed by atoms with Crippen molar-refractivity contribution in [3.63, 3.8) is 0 Å². The summed E-state index contributed by atoms with van der Waals surface area (Å²) in [5, 5.41) is 20.8. The lowest BCUT2D eigenvalue weighted by Gasteiger charge is -2.35. The Morgan fingerprint density at radius 1 is 0.963 bits per heavy atom. The van der Waals surface area contributed by atoms with Gasteiger partial charge >= 0.3 is 0 Å². The highest BCUT2D eigenvalue weighted by atomic mass is 127. The number of non-ortho nitro benzene ring substituents is 1. The predicted molar refractivity (Wildman–Crippen MR) is 106 cm³/mol. The lowest BCUT2D eigenvalue weighted by molar-refractivity contribution is -0.384. The number of nitro groups is 1. The minimum absolute atomic E-state index is 0.0767. The SMILES string of the molecule is O=C(c1ccccc1O)N1CCN(C(=O)c2cc([N+](=O)[O-])ccc2I)CC1. The van der Waals surface area contributed by atoms with Crippen LogP contribution in [0.15, 0.2) is 42.5 Å². The third kappa shape index (κ3) is 4.02. The number of phenols is 1. The van der Waals surface area contributed by atoms with Crippen LogP contribution in [0.2, 0.25) is 0 Å². The van der Waals surface area contributed by atoms with Gasteiger partial charge in [-0.05, 0) is 40.8 Å². The van der Waals surface area contributed by atoms with Crippen molar-refractivity contribution >= 4 is 40.1 Å². The number of carbonyl (C=O) groups is 2. The highest BCUT2D eigenvalue weighted by molar-refractivity contribution is 14.1. The molecule has 8 nitrogen and oxygen atoms in total. The molecule has 1 fully saturated rings. The molecule has 1 aliphatic rings. The number of para-hydroxylation sites is 1. The molecule has 140 valence electrons. The van der Waals surface area contributed by atoms with Crippen molar-refractivity contribution in [2.45, 2.75) is 0 Å². The van der Waals surface area contributed by atoms with Crippen molar-refractivity contribution in [3.8, 4) is 5.75 Å². The molecule has 1 saturated heterocycles. The fraction of sp³-hybridized carbons (Fsp3) is 0.222. The quantitative estimate of drug-likeness (QED) is 0.412. The second-order valence-corrected chi connectivity index (χ2v) is 7.19. The molecule has 0 aromatic heterocycles. The highest BCUT2D eigenvalue weighted by Crippen LogP contribution is 2.23. The Labute approximate surface area is 168 Å². The van der Waals surface area contributed by atoms with Gasteiger partial charge in [0.25, 0.3) is 17.5 Å². The molecule has 27 heavy (non-hydrogen) atoms. The number of phenolic OH excluding ortho intramolecular Hbond substituents is 1. The number of halogens is 1. The molecule has 2 aromatic carbocycles. The first kappa shape index (κ1) is 19.1. The Balaban J connectivity index is 1.70. The van der Waals surface area contributed by atoms with Gasteiger partial charge in [-0.2, -0.15) is 0 Å². The lowest BCUT2D eigenvalue weighted by Crippen LogP contribution is -2.50. The molecule has 1 N–H and O–H groups in total. The molecule has 0 bridgehead atoms. The zero-order valence-corrected chi connectivity index (χ0v) is 16.3. The Morgan fingerprint density at radius 3 is 2.07 bits per heavy atom. The average Bonchev–Trinajstić information content (AvgIpc) is 2.67. The van der Waals surface area contributed by atoms with Crippen molar-refractivity contribution in [1.29, 1.82) is 0 Å². The van der Waals surface area contributed by atoms with Gasteiger partial charge in [-0.15, -0.1) is 0 Å². The standard InChI is InChI=1S/C18H16IN3O5/c19-15-6-5-12(22(26)27)11-14(15)18(25)21-9-7-20(8-10-21)17(24)13-3-1-2-4-16(13)23/h1-6,11,23H,7-10H2. The minimum atomic E-state index is -0.532. The smallest absolute Gasteiger partial charge is 0.270 e. The van der Waals surface area contributed by atoms with Gasteiger partial charge in [-0.1, -0.05) is 12.1 Å². The third-order valence-electron chi connectivity index (χ3n) is 4.38. The van der Waals surface area contributed by atoms with Crippen LogP contribution in [0.25, 0.3) is 0 Å². The van der Waals surface area contributed by atoms with Gasteiger partial charge in [0.1, 0.15) is 5.75 Å². The predicted octanol–water partition coefficient (Wildman–Crippen LogP) is 2.50. The van der Waals surface area contributed by atoms with Crippen LogP contribution in [0.1, 0.15) is 20.7 Å². The topological polar surface area (TPSA) is 104 Å². The second kappa shape index (κ2) is 7.91. The molecule has 0 atom stereocenters. The van der Waals surface area contributed by atoms with Crippen molar-refractivity contribution in [2.75, 3.05) is 26.2 Å². The van der Waals surface area contributed by atoms with Gasteiger partial charge in [0.2, 0.25) is 0 Å². The van der Waals surface area contributed by atoms with E-state index in [-0.39, 0.29) is 34.4 Å². The van der Waals surface area contributed by atoms with E-state index in [1.807, 2.05) is 22.6 Å². The van der Waals surface area contributed by atoms with E-state index in [4.69, 9.17) is 0 Å². The Kier molecular flexibility index (Phi) is 5.59. The maximum atomic E-state index is 12.8. The summed E-state index contributed by atoms with van der Waals surface area (Å²) in [7, 11) is 0. The molecule has 1 heterocycles. The summed E-state index contributed by atoms with van der Waals surface area (Å²) in [6.07, 6.45) is 0. The maximum Gasteiger partial charge on any atom is 0.270 e. The largest absolute Gasteiger partial charge is 0.507 e. The lowest BCUT2D eigenvalue weighted by atomic mass is 10.1. The molecule has 9 heteroatoms. The molecular weight excluding hydrogens is 465 g/mol. The van der Waals surface area contributed by atoms with Crippen LogP contribution >= 0.6 is 22.6 Å². The summed E-state index contributed by atoms with van der Waals surface area (Å²) in [5.74, 6) is -0.657. The molecule has 0 aliphatic carbocycles. The van der Waals surface area contributed by atoms with E-state index in [1.165, 1.54) is 18.2 Å². The number of amides is 2. The van der Waals surface area contributed by atoms with Crippen molar-refractivity contribution in [2.24, 2.45) is 0 Å². The molecule has 3 rings (SSSR count). The molecule has 2 amide bonds. The van der Waals surface area contributed by atoms with Gasteiger partial charge in [0.05, 0.1) is 16.1 Å². The van der Waals surface area contributed by atoms with E-state index in [0.29, 0.717) is 29.7 Å². The Hall–Kier alpha value is -2.69. The van der Waals surface area contributed by atoms with Crippen LogP contribution in [0.4, 0.5) is 5.69 Å². The Morgan fingerprint density at radius 2 is 1.52 bits per heavy atom. The molecular formula is C18H16IN3O5. The monoisotopic (exact) mass is 481 g/mol.